The van der Waals surface area contributed by atoms with Crippen LogP contribution in [0, 0.1) is 5.92 Å². The monoisotopic (exact) mass is 378 g/mol. The van der Waals surface area contributed by atoms with Crippen molar-refractivity contribution in [3.05, 3.63) is 29.3 Å². The second-order valence-corrected chi connectivity index (χ2v) is 7.74. The average molecular weight is 379 g/mol. The summed E-state index contributed by atoms with van der Waals surface area (Å²) in [6.07, 6.45) is 4.08. The summed E-state index contributed by atoms with van der Waals surface area (Å²) in [5, 5.41) is 4.12. The van der Waals surface area contributed by atoms with Crippen LogP contribution in [0.25, 0.3) is 0 Å². The molecule has 1 N–H and O–H groups in total. The Hall–Kier alpha value is -1.46. The number of nitrogens with zero attached hydrogens (tertiary/aromatic N) is 3. The first-order valence-electron chi connectivity index (χ1n) is 9.77. The summed E-state index contributed by atoms with van der Waals surface area (Å²) in [7, 11) is 2.07. The molecule has 5 nitrogen and oxygen atoms in total. The van der Waals surface area contributed by atoms with Crippen molar-refractivity contribution in [1.82, 2.24) is 15.1 Å². The summed E-state index contributed by atoms with van der Waals surface area (Å²) >= 11 is 5.90. The lowest BCUT2D eigenvalue weighted by atomic mass is 10.1. The molecule has 3 rings (SSSR count). The molecule has 1 atom stereocenters. The maximum absolute atomic E-state index is 5.90. The van der Waals surface area contributed by atoms with Crippen LogP contribution in [-0.2, 0) is 0 Å². The number of hydrogen-bond acceptors (Lipinski definition) is 3. The van der Waals surface area contributed by atoms with Gasteiger partial charge < -0.3 is 19.9 Å². The molecule has 1 unspecified atom stereocenters. The van der Waals surface area contributed by atoms with E-state index in [2.05, 4.69) is 29.1 Å². The normalized spacial score (nSPS) is 21.0. The first-order valence-corrected chi connectivity index (χ1v) is 10.2. The Morgan fingerprint density at radius 3 is 2.77 bits per heavy atom. The van der Waals surface area contributed by atoms with Crippen molar-refractivity contribution in [2.75, 3.05) is 46.4 Å². The zero-order chi connectivity index (χ0) is 18.4. The van der Waals surface area contributed by atoms with Crippen LogP contribution in [0.2, 0.25) is 5.02 Å². The first kappa shape index (κ1) is 19.3. The van der Waals surface area contributed by atoms with Gasteiger partial charge in [0.25, 0.3) is 0 Å². The number of hydrogen-bond donors (Lipinski definition) is 1. The molecule has 2 fully saturated rings. The Morgan fingerprint density at radius 1 is 1.31 bits per heavy atom. The van der Waals surface area contributed by atoms with E-state index in [1.54, 1.807) is 0 Å². The maximum Gasteiger partial charge on any atom is 0.193 e. The standard InChI is InChI=1S/C20H31ClN4O/c1-3-22-20(23-14-16-10-11-25(15-16)18-6-7-18)24(2)12-13-26-19-8-4-17(21)5-9-19/h4-5,8-9,16,18H,3,6-7,10-15H2,1-2H3,(H,22,23). The van der Waals surface area contributed by atoms with E-state index in [4.69, 9.17) is 21.3 Å². The average Bonchev–Trinajstić information content (AvgIpc) is 3.39. The Morgan fingerprint density at radius 2 is 2.08 bits per heavy atom. The van der Waals surface area contributed by atoms with Crippen molar-refractivity contribution in [3.8, 4) is 5.75 Å². The number of guanidine groups is 1. The molecular weight excluding hydrogens is 348 g/mol. The van der Waals surface area contributed by atoms with Gasteiger partial charge in [0, 0.05) is 37.7 Å². The van der Waals surface area contributed by atoms with Crippen molar-refractivity contribution in [2.45, 2.75) is 32.2 Å². The van der Waals surface area contributed by atoms with Crippen molar-refractivity contribution >= 4 is 17.6 Å². The molecule has 6 heteroatoms. The fourth-order valence-electron chi connectivity index (χ4n) is 3.41. The van der Waals surface area contributed by atoms with Gasteiger partial charge in [-0.15, -0.1) is 0 Å². The van der Waals surface area contributed by atoms with Crippen molar-refractivity contribution in [3.63, 3.8) is 0 Å². The van der Waals surface area contributed by atoms with Crippen LogP contribution in [0.1, 0.15) is 26.2 Å². The lowest BCUT2D eigenvalue weighted by molar-refractivity contribution is 0.281. The maximum atomic E-state index is 5.90. The Kier molecular flexibility index (Phi) is 7.03. The number of ether oxygens (including phenoxy) is 1. The number of halogens is 1. The highest BCUT2D eigenvalue weighted by Crippen LogP contribution is 2.31. The summed E-state index contributed by atoms with van der Waals surface area (Å²) in [4.78, 5) is 9.67. The summed E-state index contributed by atoms with van der Waals surface area (Å²) in [5.41, 5.74) is 0. The highest BCUT2D eigenvalue weighted by molar-refractivity contribution is 6.30. The summed E-state index contributed by atoms with van der Waals surface area (Å²) in [6.45, 7) is 7.77. The third-order valence-corrected chi connectivity index (χ3v) is 5.34. The van der Waals surface area contributed by atoms with E-state index in [1.807, 2.05) is 24.3 Å². The van der Waals surface area contributed by atoms with Crippen LogP contribution < -0.4 is 10.1 Å². The molecule has 0 bridgehead atoms. The molecule has 1 aromatic rings. The number of rotatable bonds is 8. The smallest absolute Gasteiger partial charge is 0.193 e. The zero-order valence-electron chi connectivity index (χ0n) is 16.0. The van der Waals surface area contributed by atoms with Gasteiger partial charge in [-0.2, -0.15) is 0 Å². The van der Waals surface area contributed by atoms with E-state index >= 15 is 0 Å². The Bertz CT molecular complexity index is 588. The molecule has 1 aromatic carbocycles. The lowest BCUT2D eigenvalue weighted by Gasteiger charge is -2.22. The highest BCUT2D eigenvalue weighted by Gasteiger charge is 2.34. The second-order valence-electron chi connectivity index (χ2n) is 7.30. The van der Waals surface area contributed by atoms with Gasteiger partial charge in [-0.3, -0.25) is 4.99 Å². The minimum absolute atomic E-state index is 0.613. The minimum Gasteiger partial charge on any atom is -0.492 e. The van der Waals surface area contributed by atoms with Gasteiger partial charge >= 0.3 is 0 Å². The van der Waals surface area contributed by atoms with Crippen LogP contribution in [0.3, 0.4) is 0 Å². The molecule has 144 valence electrons. The number of nitrogens with one attached hydrogen (secondary N) is 1. The molecule has 0 aromatic heterocycles. The predicted octanol–water partition coefficient (Wildman–Crippen LogP) is 3.10. The largest absolute Gasteiger partial charge is 0.492 e. The molecule has 1 aliphatic heterocycles. The van der Waals surface area contributed by atoms with E-state index in [9.17, 15) is 0 Å². The van der Waals surface area contributed by atoms with E-state index in [1.165, 1.54) is 32.4 Å². The van der Waals surface area contributed by atoms with Gasteiger partial charge in [0.15, 0.2) is 5.96 Å². The number of likely N-dealkylation sites (tertiary alicyclic amines) is 1. The number of likely N-dealkylation sites (N-methyl/N-ethyl adjacent to an activating group) is 1. The fraction of sp³-hybridized carbons (Fsp3) is 0.650. The lowest BCUT2D eigenvalue weighted by Crippen LogP contribution is -2.41. The second kappa shape index (κ2) is 9.47. The van der Waals surface area contributed by atoms with Crippen molar-refractivity contribution in [2.24, 2.45) is 10.9 Å². The van der Waals surface area contributed by atoms with E-state index < -0.39 is 0 Å². The number of aliphatic imine (C=N–C) groups is 1. The zero-order valence-corrected chi connectivity index (χ0v) is 16.7. The molecule has 1 saturated carbocycles. The minimum atomic E-state index is 0.613. The molecular formula is C20H31ClN4O. The van der Waals surface area contributed by atoms with E-state index in [0.29, 0.717) is 12.5 Å². The van der Waals surface area contributed by atoms with Crippen LogP contribution in [0.4, 0.5) is 0 Å². The Labute approximate surface area is 162 Å². The van der Waals surface area contributed by atoms with E-state index in [-0.39, 0.29) is 0 Å². The fourth-order valence-corrected chi connectivity index (χ4v) is 3.53. The summed E-state index contributed by atoms with van der Waals surface area (Å²) in [6, 6.07) is 8.36. The van der Waals surface area contributed by atoms with Gasteiger partial charge in [0.1, 0.15) is 12.4 Å². The quantitative estimate of drug-likeness (QED) is 0.557. The topological polar surface area (TPSA) is 40.1 Å². The van der Waals surface area contributed by atoms with Crippen molar-refractivity contribution < 1.29 is 4.74 Å². The molecule has 1 saturated heterocycles. The van der Waals surface area contributed by atoms with E-state index in [0.717, 1.165) is 42.4 Å². The van der Waals surface area contributed by atoms with Gasteiger partial charge in [-0.1, -0.05) is 11.6 Å². The van der Waals surface area contributed by atoms with Crippen LogP contribution in [-0.4, -0.2) is 68.2 Å². The molecule has 1 heterocycles. The predicted molar refractivity (Wildman–Crippen MR) is 108 cm³/mol. The molecule has 2 aliphatic rings. The molecule has 0 radical (unpaired) electrons. The van der Waals surface area contributed by atoms with Crippen molar-refractivity contribution in [1.29, 1.82) is 0 Å². The van der Waals surface area contributed by atoms with Gasteiger partial charge in [0.05, 0.1) is 6.54 Å². The van der Waals surface area contributed by atoms with Crippen LogP contribution in [0.5, 0.6) is 5.75 Å². The SMILES string of the molecule is CCNC(=NCC1CCN(C2CC2)C1)N(C)CCOc1ccc(Cl)cc1. The van der Waals surface area contributed by atoms with Crippen LogP contribution in [0.15, 0.2) is 29.3 Å². The molecule has 1 aliphatic carbocycles. The van der Waals surface area contributed by atoms with Gasteiger partial charge in [-0.05, 0) is 62.9 Å². The molecule has 0 spiro atoms. The molecule has 0 amide bonds. The van der Waals surface area contributed by atoms with Crippen LogP contribution >= 0.6 is 11.6 Å². The third-order valence-electron chi connectivity index (χ3n) is 5.09. The molecule has 26 heavy (non-hydrogen) atoms. The first-order chi connectivity index (χ1) is 12.7. The van der Waals surface area contributed by atoms with Gasteiger partial charge in [0.2, 0.25) is 0 Å². The third kappa shape index (κ3) is 5.78. The highest BCUT2D eigenvalue weighted by atomic mass is 35.5. The number of benzene rings is 1. The Balaban J connectivity index is 1.43. The summed E-state index contributed by atoms with van der Waals surface area (Å²) in [5.74, 6) is 2.51. The van der Waals surface area contributed by atoms with Gasteiger partial charge in [-0.25, -0.2) is 0 Å². The summed E-state index contributed by atoms with van der Waals surface area (Å²) < 4.78 is 5.80.